The predicted octanol–water partition coefficient (Wildman–Crippen LogP) is 5.28. The van der Waals surface area contributed by atoms with Crippen LogP contribution >= 0.6 is 23.2 Å². The monoisotopic (exact) mass is 486 g/mol. The normalized spacial score (nSPS) is 13.1. The lowest BCUT2D eigenvalue weighted by Gasteiger charge is -2.31. The highest BCUT2D eigenvalue weighted by Crippen LogP contribution is 2.32. The standard InChI is InChI=1S/C23H30Cl2F2N4O/c1-23(9-11-28-10-4-12-31(2)3,16-5-7-18(24)19(25)13-16)15-29-22(32)30-17-6-8-20(26)21(27)14-17/h5-8,13-14,28H,4,9-12,15H2,1-3H3,(H2,29,30,32). The summed E-state index contributed by atoms with van der Waals surface area (Å²) in [6.07, 6.45) is 1.77. The maximum atomic E-state index is 13.4. The number of hydrogen-bond acceptors (Lipinski definition) is 3. The number of amides is 2. The van der Waals surface area contributed by atoms with E-state index in [0.717, 1.165) is 50.2 Å². The van der Waals surface area contributed by atoms with Crippen molar-refractivity contribution < 1.29 is 13.6 Å². The number of nitrogens with one attached hydrogen (secondary N) is 3. The van der Waals surface area contributed by atoms with Crippen molar-refractivity contribution in [2.45, 2.75) is 25.2 Å². The molecule has 1 atom stereocenters. The third-order valence-corrected chi connectivity index (χ3v) is 5.98. The summed E-state index contributed by atoms with van der Waals surface area (Å²) in [5, 5.41) is 9.70. The largest absolute Gasteiger partial charge is 0.337 e. The van der Waals surface area contributed by atoms with Gasteiger partial charge in [0.25, 0.3) is 0 Å². The third kappa shape index (κ3) is 8.20. The van der Waals surface area contributed by atoms with Gasteiger partial charge in [-0.3, -0.25) is 0 Å². The van der Waals surface area contributed by atoms with Crippen molar-refractivity contribution in [2.75, 3.05) is 45.6 Å². The van der Waals surface area contributed by atoms with E-state index < -0.39 is 23.1 Å². The zero-order valence-electron chi connectivity index (χ0n) is 18.6. The molecule has 0 aliphatic rings. The zero-order valence-corrected chi connectivity index (χ0v) is 20.1. The summed E-state index contributed by atoms with van der Waals surface area (Å²) in [4.78, 5) is 14.5. The molecular weight excluding hydrogens is 457 g/mol. The van der Waals surface area contributed by atoms with Crippen LogP contribution < -0.4 is 16.0 Å². The Morgan fingerprint density at radius 2 is 1.78 bits per heavy atom. The Labute approximate surface area is 198 Å². The molecule has 2 aromatic carbocycles. The van der Waals surface area contributed by atoms with Crippen LogP contribution in [0.1, 0.15) is 25.3 Å². The fraction of sp³-hybridized carbons (Fsp3) is 0.435. The molecule has 2 amide bonds. The molecule has 176 valence electrons. The molecule has 9 heteroatoms. The molecule has 0 saturated carbocycles. The van der Waals surface area contributed by atoms with Crippen LogP contribution in [0.5, 0.6) is 0 Å². The molecule has 0 radical (unpaired) electrons. The molecule has 3 N–H and O–H groups in total. The third-order valence-electron chi connectivity index (χ3n) is 5.25. The molecule has 0 aliphatic heterocycles. The molecule has 0 spiro atoms. The number of rotatable bonds is 11. The van der Waals surface area contributed by atoms with Crippen molar-refractivity contribution in [2.24, 2.45) is 0 Å². The molecule has 5 nitrogen and oxygen atoms in total. The van der Waals surface area contributed by atoms with Gasteiger partial charge in [-0.1, -0.05) is 36.2 Å². The predicted molar refractivity (Wildman–Crippen MR) is 128 cm³/mol. The highest BCUT2D eigenvalue weighted by atomic mass is 35.5. The van der Waals surface area contributed by atoms with Crippen LogP contribution in [0.4, 0.5) is 19.3 Å². The number of hydrogen-bond donors (Lipinski definition) is 3. The van der Waals surface area contributed by atoms with Gasteiger partial charge in [0.15, 0.2) is 11.6 Å². The van der Waals surface area contributed by atoms with Crippen molar-refractivity contribution >= 4 is 34.9 Å². The number of halogens is 4. The Morgan fingerprint density at radius 3 is 2.44 bits per heavy atom. The van der Waals surface area contributed by atoms with Crippen LogP contribution in [0, 0.1) is 11.6 Å². The Bertz CT molecular complexity index is 914. The second-order valence-corrected chi connectivity index (χ2v) is 9.10. The highest BCUT2D eigenvalue weighted by Gasteiger charge is 2.28. The van der Waals surface area contributed by atoms with E-state index in [1.807, 2.05) is 33.2 Å². The lowest BCUT2D eigenvalue weighted by molar-refractivity contribution is 0.248. The Hall–Kier alpha value is -1.93. The van der Waals surface area contributed by atoms with Crippen LogP contribution in [0.25, 0.3) is 0 Å². The molecular formula is C23H30Cl2F2N4O. The van der Waals surface area contributed by atoms with Crippen LogP contribution in [-0.4, -0.2) is 51.2 Å². The quantitative estimate of drug-likeness (QED) is 0.378. The summed E-state index contributed by atoms with van der Waals surface area (Å²) < 4.78 is 26.5. The van der Waals surface area contributed by atoms with E-state index in [1.54, 1.807) is 6.07 Å². The van der Waals surface area contributed by atoms with Crippen LogP contribution in [0.2, 0.25) is 10.0 Å². The summed E-state index contributed by atoms with van der Waals surface area (Å²) in [5.41, 5.74) is 0.670. The summed E-state index contributed by atoms with van der Waals surface area (Å²) in [6, 6.07) is 8.13. The first-order valence-electron chi connectivity index (χ1n) is 10.4. The van der Waals surface area contributed by atoms with Crippen molar-refractivity contribution in [3.63, 3.8) is 0 Å². The second kappa shape index (κ2) is 12.3. The number of carbonyl (C=O) groups excluding carboxylic acids is 1. The molecule has 0 bridgehead atoms. The van der Waals surface area contributed by atoms with Crippen molar-refractivity contribution in [3.8, 4) is 0 Å². The lowest BCUT2D eigenvalue weighted by Crippen LogP contribution is -2.42. The van der Waals surface area contributed by atoms with Gasteiger partial charge in [0.1, 0.15) is 0 Å². The van der Waals surface area contributed by atoms with Crippen LogP contribution in [0.15, 0.2) is 36.4 Å². The van der Waals surface area contributed by atoms with Gasteiger partial charge < -0.3 is 20.9 Å². The smallest absolute Gasteiger partial charge is 0.319 e. The molecule has 2 aromatic rings. The molecule has 0 aliphatic carbocycles. The summed E-state index contributed by atoms with van der Waals surface area (Å²) >= 11 is 12.3. The molecule has 0 fully saturated rings. The van der Waals surface area contributed by atoms with Gasteiger partial charge in [-0.2, -0.15) is 0 Å². The number of urea groups is 1. The molecule has 32 heavy (non-hydrogen) atoms. The van der Waals surface area contributed by atoms with Gasteiger partial charge in [-0.25, -0.2) is 13.6 Å². The number of carbonyl (C=O) groups is 1. The summed E-state index contributed by atoms with van der Waals surface area (Å²) in [5.74, 6) is -2.00. The van der Waals surface area contributed by atoms with Gasteiger partial charge in [-0.15, -0.1) is 0 Å². The Kier molecular flexibility index (Phi) is 10.2. The number of anilines is 1. The maximum absolute atomic E-state index is 13.4. The zero-order chi connectivity index (χ0) is 23.7. The number of nitrogens with zero attached hydrogens (tertiary/aromatic N) is 1. The Morgan fingerprint density at radius 1 is 1.03 bits per heavy atom. The van der Waals surface area contributed by atoms with Gasteiger partial charge in [0, 0.05) is 23.7 Å². The maximum Gasteiger partial charge on any atom is 0.319 e. The van der Waals surface area contributed by atoms with E-state index in [9.17, 15) is 13.6 Å². The van der Waals surface area contributed by atoms with E-state index in [-0.39, 0.29) is 5.69 Å². The Balaban J connectivity index is 2.02. The van der Waals surface area contributed by atoms with Crippen LogP contribution in [0.3, 0.4) is 0 Å². The van der Waals surface area contributed by atoms with E-state index >= 15 is 0 Å². The van der Waals surface area contributed by atoms with Gasteiger partial charge in [-0.05, 0) is 76.4 Å². The van der Waals surface area contributed by atoms with Crippen molar-refractivity contribution in [3.05, 3.63) is 63.6 Å². The lowest BCUT2D eigenvalue weighted by atomic mass is 9.79. The average Bonchev–Trinajstić information content (AvgIpc) is 2.73. The minimum Gasteiger partial charge on any atom is -0.337 e. The minimum atomic E-state index is -1.02. The first-order chi connectivity index (χ1) is 15.1. The van der Waals surface area contributed by atoms with Crippen molar-refractivity contribution in [1.29, 1.82) is 0 Å². The van der Waals surface area contributed by atoms with E-state index in [0.29, 0.717) is 16.6 Å². The first kappa shape index (κ1) is 26.3. The molecule has 0 aromatic heterocycles. The molecule has 2 rings (SSSR count). The molecule has 0 saturated heterocycles. The van der Waals surface area contributed by atoms with E-state index in [1.165, 1.54) is 6.07 Å². The SMILES string of the molecule is CN(C)CCCNCCC(C)(CNC(=O)Nc1ccc(F)c(F)c1)c1ccc(Cl)c(Cl)c1. The van der Waals surface area contributed by atoms with Gasteiger partial charge >= 0.3 is 6.03 Å². The van der Waals surface area contributed by atoms with Gasteiger partial charge in [0.2, 0.25) is 0 Å². The van der Waals surface area contributed by atoms with Crippen molar-refractivity contribution in [1.82, 2.24) is 15.5 Å². The van der Waals surface area contributed by atoms with Crippen LogP contribution in [-0.2, 0) is 5.41 Å². The molecule has 0 heterocycles. The summed E-state index contributed by atoms with van der Waals surface area (Å²) in [6.45, 7) is 4.98. The first-order valence-corrected chi connectivity index (χ1v) is 11.2. The van der Waals surface area contributed by atoms with E-state index in [4.69, 9.17) is 23.2 Å². The highest BCUT2D eigenvalue weighted by molar-refractivity contribution is 6.42. The number of benzene rings is 2. The fourth-order valence-corrected chi connectivity index (χ4v) is 3.54. The van der Waals surface area contributed by atoms with E-state index in [2.05, 4.69) is 20.9 Å². The fourth-order valence-electron chi connectivity index (χ4n) is 3.24. The second-order valence-electron chi connectivity index (χ2n) is 8.28. The topological polar surface area (TPSA) is 56.4 Å². The summed E-state index contributed by atoms with van der Waals surface area (Å²) in [7, 11) is 4.08. The minimum absolute atomic E-state index is 0.167. The average molecular weight is 487 g/mol. The van der Waals surface area contributed by atoms with Gasteiger partial charge in [0.05, 0.1) is 10.0 Å². The molecule has 1 unspecified atom stereocenters.